The Kier molecular flexibility index (Phi) is 8.37. The predicted octanol–water partition coefficient (Wildman–Crippen LogP) is 4.10. The first-order valence-electron chi connectivity index (χ1n) is 10.2. The molecule has 0 aliphatic carbocycles. The highest BCUT2D eigenvalue weighted by Crippen LogP contribution is 2.19. The molecule has 8 nitrogen and oxygen atoms in total. The van der Waals surface area contributed by atoms with Crippen molar-refractivity contribution in [1.82, 2.24) is 30.4 Å². The van der Waals surface area contributed by atoms with Crippen molar-refractivity contribution in [3.8, 4) is 17.3 Å². The van der Waals surface area contributed by atoms with E-state index in [1.165, 1.54) is 5.56 Å². The number of benzene rings is 1. The topological polar surface area (TPSA) is 93.2 Å². The van der Waals surface area contributed by atoms with Crippen molar-refractivity contribution in [2.45, 2.75) is 26.9 Å². The molecule has 0 aliphatic heterocycles. The normalized spacial score (nSPS) is 11.1. The Balaban J connectivity index is 0.00000289. The van der Waals surface area contributed by atoms with Gasteiger partial charge in [0, 0.05) is 30.7 Å². The van der Waals surface area contributed by atoms with Crippen LogP contribution in [0.5, 0.6) is 0 Å². The van der Waals surface area contributed by atoms with Crippen molar-refractivity contribution < 1.29 is 4.42 Å². The van der Waals surface area contributed by atoms with Gasteiger partial charge < -0.3 is 15.1 Å². The van der Waals surface area contributed by atoms with Crippen molar-refractivity contribution in [1.29, 1.82) is 0 Å². The molecule has 32 heavy (non-hydrogen) atoms. The van der Waals surface area contributed by atoms with E-state index < -0.39 is 0 Å². The van der Waals surface area contributed by atoms with E-state index in [1.54, 1.807) is 23.3 Å². The number of nitrogens with one attached hydrogen (secondary N) is 2. The lowest BCUT2D eigenvalue weighted by molar-refractivity contribution is 0.572. The third-order valence-electron chi connectivity index (χ3n) is 4.60. The third-order valence-corrected chi connectivity index (χ3v) is 4.60. The van der Waals surface area contributed by atoms with E-state index in [9.17, 15) is 0 Å². The number of aromatic nitrogens is 4. The highest BCUT2D eigenvalue weighted by atomic mass is 127. The van der Waals surface area contributed by atoms with Gasteiger partial charge in [-0.1, -0.05) is 17.7 Å². The maximum atomic E-state index is 5.63. The van der Waals surface area contributed by atoms with Crippen LogP contribution in [-0.2, 0) is 13.1 Å². The van der Waals surface area contributed by atoms with Crippen LogP contribution in [0.3, 0.4) is 0 Å². The molecule has 4 rings (SSSR count). The summed E-state index contributed by atoms with van der Waals surface area (Å²) >= 11 is 0. The van der Waals surface area contributed by atoms with Crippen LogP contribution in [0.25, 0.3) is 17.3 Å². The Morgan fingerprint density at radius 2 is 1.97 bits per heavy atom. The van der Waals surface area contributed by atoms with Gasteiger partial charge in [-0.05, 0) is 49.7 Å². The SMILES string of the molecule is CCNC(=NCc1ccnc(-n2cccn2)c1)NCc1coc(-c2ccc(C)cc2)n1.I. The number of aryl methyl sites for hydroxylation is 1. The zero-order chi connectivity index (χ0) is 21.5. The van der Waals surface area contributed by atoms with Crippen LogP contribution in [0.1, 0.15) is 23.7 Å². The molecule has 0 unspecified atom stereocenters. The molecule has 4 aromatic rings. The van der Waals surface area contributed by atoms with Crippen molar-refractivity contribution in [2.24, 2.45) is 4.99 Å². The largest absolute Gasteiger partial charge is 0.444 e. The molecule has 3 aromatic heterocycles. The van der Waals surface area contributed by atoms with E-state index in [4.69, 9.17) is 4.42 Å². The molecule has 0 fully saturated rings. The number of hydrogen-bond acceptors (Lipinski definition) is 5. The molecule has 3 heterocycles. The quantitative estimate of drug-likeness (QED) is 0.207. The molecule has 1 aromatic carbocycles. The fourth-order valence-corrected chi connectivity index (χ4v) is 2.99. The van der Waals surface area contributed by atoms with Gasteiger partial charge in [-0.25, -0.2) is 19.6 Å². The minimum atomic E-state index is 0. The summed E-state index contributed by atoms with van der Waals surface area (Å²) in [4.78, 5) is 13.6. The van der Waals surface area contributed by atoms with Crippen LogP contribution in [0.2, 0.25) is 0 Å². The first kappa shape index (κ1) is 23.5. The molecule has 2 N–H and O–H groups in total. The van der Waals surface area contributed by atoms with Gasteiger partial charge in [0.15, 0.2) is 11.8 Å². The lowest BCUT2D eigenvalue weighted by Gasteiger charge is -2.10. The molecule has 0 atom stereocenters. The summed E-state index contributed by atoms with van der Waals surface area (Å²) in [5, 5.41) is 10.8. The van der Waals surface area contributed by atoms with Gasteiger partial charge in [-0.3, -0.25) is 0 Å². The van der Waals surface area contributed by atoms with Gasteiger partial charge in [-0.2, -0.15) is 5.10 Å². The molecule has 0 saturated carbocycles. The van der Waals surface area contributed by atoms with E-state index in [0.29, 0.717) is 24.9 Å². The fraction of sp³-hybridized carbons (Fsp3) is 0.217. The van der Waals surface area contributed by atoms with Crippen LogP contribution < -0.4 is 10.6 Å². The minimum Gasteiger partial charge on any atom is -0.444 e. The van der Waals surface area contributed by atoms with Crippen molar-refractivity contribution in [2.75, 3.05) is 6.54 Å². The molecule has 0 amide bonds. The average Bonchev–Trinajstić information content (AvgIpc) is 3.49. The van der Waals surface area contributed by atoms with Gasteiger partial charge in [0.25, 0.3) is 0 Å². The second kappa shape index (κ2) is 11.4. The van der Waals surface area contributed by atoms with E-state index in [-0.39, 0.29) is 24.0 Å². The van der Waals surface area contributed by atoms with Crippen molar-refractivity contribution >= 4 is 29.9 Å². The Bertz CT molecular complexity index is 1140. The monoisotopic (exact) mass is 543 g/mol. The third kappa shape index (κ3) is 6.16. The Labute approximate surface area is 204 Å². The number of nitrogens with zero attached hydrogens (tertiary/aromatic N) is 5. The number of oxazole rings is 1. The van der Waals surface area contributed by atoms with Crippen LogP contribution in [-0.4, -0.2) is 32.3 Å². The Morgan fingerprint density at radius 3 is 2.72 bits per heavy atom. The summed E-state index contributed by atoms with van der Waals surface area (Å²) in [6.45, 7) is 5.87. The van der Waals surface area contributed by atoms with Gasteiger partial charge in [0.2, 0.25) is 5.89 Å². The van der Waals surface area contributed by atoms with Crippen molar-refractivity contribution in [3.63, 3.8) is 0 Å². The van der Waals surface area contributed by atoms with Crippen LogP contribution in [0.4, 0.5) is 0 Å². The number of pyridine rings is 1. The number of hydrogen-bond donors (Lipinski definition) is 2. The number of guanidine groups is 1. The molecule has 0 aliphatic rings. The minimum absolute atomic E-state index is 0. The Hall–Kier alpha value is -3.21. The van der Waals surface area contributed by atoms with Crippen LogP contribution in [0.15, 0.2) is 76.7 Å². The maximum absolute atomic E-state index is 5.63. The molecular formula is C23H26IN7O. The van der Waals surface area contributed by atoms with Gasteiger partial charge in [0.05, 0.1) is 18.8 Å². The van der Waals surface area contributed by atoms with E-state index in [0.717, 1.165) is 29.2 Å². The van der Waals surface area contributed by atoms with E-state index in [1.807, 2.05) is 55.6 Å². The number of aliphatic imine (C=N–C) groups is 1. The van der Waals surface area contributed by atoms with E-state index >= 15 is 0 Å². The summed E-state index contributed by atoms with van der Waals surface area (Å²) < 4.78 is 7.36. The van der Waals surface area contributed by atoms with Gasteiger partial charge >= 0.3 is 0 Å². The highest BCUT2D eigenvalue weighted by Gasteiger charge is 2.08. The van der Waals surface area contributed by atoms with E-state index in [2.05, 4.69) is 37.6 Å². The summed E-state index contributed by atoms with van der Waals surface area (Å²) in [6, 6.07) is 13.9. The smallest absolute Gasteiger partial charge is 0.226 e. The summed E-state index contributed by atoms with van der Waals surface area (Å²) in [7, 11) is 0. The maximum Gasteiger partial charge on any atom is 0.226 e. The van der Waals surface area contributed by atoms with Crippen molar-refractivity contribution in [3.05, 3.63) is 84.1 Å². The Morgan fingerprint density at radius 1 is 1.12 bits per heavy atom. The van der Waals surface area contributed by atoms with Gasteiger partial charge in [-0.15, -0.1) is 24.0 Å². The first-order chi connectivity index (χ1) is 15.2. The average molecular weight is 543 g/mol. The molecule has 0 bridgehead atoms. The molecule has 0 spiro atoms. The zero-order valence-corrected chi connectivity index (χ0v) is 20.4. The number of rotatable bonds is 7. The lowest BCUT2D eigenvalue weighted by Crippen LogP contribution is -2.36. The summed E-state index contributed by atoms with van der Waals surface area (Å²) in [5.41, 5.74) is 4.02. The molecular weight excluding hydrogens is 517 g/mol. The molecule has 0 radical (unpaired) electrons. The summed E-state index contributed by atoms with van der Waals surface area (Å²) in [6.07, 6.45) is 7.03. The van der Waals surface area contributed by atoms with Gasteiger partial charge in [0.1, 0.15) is 6.26 Å². The fourth-order valence-electron chi connectivity index (χ4n) is 2.99. The van der Waals surface area contributed by atoms with Crippen LogP contribution in [0, 0.1) is 6.92 Å². The summed E-state index contributed by atoms with van der Waals surface area (Å²) in [5.74, 6) is 2.09. The second-order valence-electron chi connectivity index (χ2n) is 7.03. The lowest BCUT2D eigenvalue weighted by atomic mass is 10.1. The zero-order valence-electron chi connectivity index (χ0n) is 18.0. The standard InChI is InChI=1S/C23H25N7O.HI/c1-3-24-23(26-14-18-9-11-25-21(13-18)30-12-4-10-28-30)27-15-20-16-31-22(29-20)19-7-5-17(2)6-8-19;/h4-13,16H,3,14-15H2,1-2H3,(H2,24,26,27);1H. The van der Waals surface area contributed by atoms with Crippen LogP contribution >= 0.6 is 24.0 Å². The molecule has 166 valence electrons. The number of halogens is 1. The predicted molar refractivity (Wildman–Crippen MR) is 135 cm³/mol. The molecule has 9 heteroatoms. The molecule has 0 saturated heterocycles. The highest BCUT2D eigenvalue weighted by molar-refractivity contribution is 14.0. The first-order valence-corrected chi connectivity index (χ1v) is 10.2. The second-order valence-corrected chi connectivity index (χ2v) is 7.03.